The van der Waals surface area contributed by atoms with Gasteiger partial charge in [-0.15, -0.1) is 0 Å². The molecule has 1 unspecified atom stereocenters. The van der Waals surface area contributed by atoms with Crippen LogP contribution in [0.1, 0.15) is 18.4 Å². The summed E-state index contributed by atoms with van der Waals surface area (Å²) in [5.74, 6) is 1.35. The molecule has 3 heterocycles. The Balaban J connectivity index is 1.59. The molecule has 2 fully saturated rings. The van der Waals surface area contributed by atoms with Gasteiger partial charge in [-0.05, 0) is 18.1 Å². The van der Waals surface area contributed by atoms with E-state index in [4.69, 9.17) is 18.9 Å². The molecule has 21 heavy (non-hydrogen) atoms. The second-order valence-electron chi connectivity index (χ2n) is 6.18. The van der Waals surface area contributed by atoms with Gasteiger partial charge in [-0.25, -0.2) is 0 Å². The van der Waals surface area contributed by atoms with Crippen LogP contribution in [0.3, 0.4) is 0 Å². The lowest BCUT2D eigenvalue weighted by Crippen LogP contribution is -2.62. The van der Waals surface area contributed by atoms with Crippen LogP contribution in [-0.2, 0) is 15.9 Å². The molecule has 0 aliphatic carbocycles. The molecule has 1 aromatic rings. The van der Waals surface area contributed by atoms with E-state index in [0.29, 0.717) is 19.8 Å². The zero-order valence-corrected chi connectivity index (χ0v) is 12.3. The highest BCUT2D eigenvalue weighted by Gasteiger charge is 2.50. The molecule has 3 aliphatic rings. The van der Waals surface area contributed by atoms with Crippen molar-refractivity contribution in [1.82, 2.24) is 5.32 Å². The molecular weight excluding hydrogens is 270 g/mol. The number of hydrogen-bond donors (Lipinski definition) is 1. The van der Waals surface area contributed by atoms with E-state index in [9.17, 15) is 0 Å². The van der Waals surface area contributed by atoms with Gasteiger partial charge in [-0.1, -0.05) is 6.07 Å². The smallest absolute Gasteiger partial charge is 0.171 e. The number of ether oxygens (including phenoxy) is 4. The van der Waals surface area contributed by atoms with Gasteiger partial charge in [0.2, 0.25) is 0 Å². The first-order chi connectivity index (χ1) is 10.2. The lowest BCUT2D eigenvalue weighted by Gasteiger charge is -2.47. The minimum atomic E-state index is -0.404. The molecule has 114 valence electrons. The van der Waals surface area contributed by atoms with Crippen molar-refractivity contribution in [1.29, 1.82) is 0 Å². The monoisotopic (exact) mass is 291 g/mol. The van der Waals surface area contributed by atoms with E-state index in [1.54, 1.807) is 7.11 Å². The standard InChI is InChI=1S/C16H21NO4/c1-18-13-3-2-12-9-15(11-19-14(12)8-13)10-16(4-5-17-15)20-6-7-21-16/h2-3,8,17H,4-7,9-11H2,1H3. The fourth-order valence-corrected chi connectivity index (χ4v) is 3.73. The fraction of sp³-hybridized carbons (Fsp3) is 0.625. The van der Waals surface area contributed by atoms with E-state index in [1.165, 1.54) is 5.56 Å². The normalized spacial score (nSPS) is 30.1. The van der Waals surface area contributed by atoms with Gasteiger partial charge in [-0.3, -0.25) is 0 Å². The maximum atomic E-state index is 6.01. The Morgan fingerprint density at radius 3 is 2.90 bits per heavy atom. The van der Waals surface area contributed by atoms with Crippen molar-refractivity contribution in [3.8, 4) is 11.5 Å². The van der Waals surface area contributed by atoms with Crippen molar-refractivity contribution in [3.63, 3.8) is 0 Å². The second kappa shape index (κ2) is 4.87. The topological polar surface area (TPSA) is 49.0 Å². The summed E-state index contributed by atoms with van der Waals surface area (Å²) in [4.78, 5) is 0. The quantitative estimate of drug-likeness (QED) is 0.849. The molecular formula is C16H21NO4. The Morgan fingerprint density at radius 1 is 1.24 bits per heavy atom. The summed E-state index contributed by atoms with van der Waals surface area (Å²) in [6.45, 7) is 2.94. The minimum absolute atomic E-state index is 0.0931. The third-order valence-electron chi connectivity index (χ3n) is 4.73. The van der Waals surface area contributed by atoms with E-state index >= 15 is 0 Å². The van der Waals surface area contributed by atoms with Crippen molar-refractivity contribution in [2.75, 3.05) is 33.5 Å². The summed E-state index contributed by atoms with van der Waals surface area (Å²) in [5, 5.41) is 3.64. The minimum Gasteiger partial charge on any atom is -0.497 e. The average Bonchev–Trinajstić information content (AvgIpc) is 2.94. The van der Waals surface area contributed by atoms with E-state index in [2.05, 4.69) is 11.4 Å². The highest BCUT2D eigenvalue weighted by molar-refractivity contribution is 5.43. The molecule has 0 bridgehead atoms. The SMILES string of the molecule is COc1ccc2c(c1)OCC1(C2)CC2(CCN1)OCCO2. The van der Waals surface area contributed by atoms with Crippen LogP contribution in [0.2, 0.25) is 0 Å². The molecule has 0 amide bonds. The number of nitrogens with one attached hydrogen (secondary N) is 1. The van der Waals surface area contributed by atoms with Crippen LogP contribution in [-0.4, -0.2) is 44.8 Å². The second-order valence-corrected chi connectivity index (χ2v) is 6.18. The first kappa shape index (κ1) is 13.4. The molecule has 2 spiro atoms. The van der Waals surface area contributed by atoms with Crippen molar-refractivity contribution in [2.24, 2.45) is 0 Å². The molecule has 5 heteroatoms. The fourth-order valence-electron chi connectivity index (χ4n) is 3.73. The summed E-state index contributed by atoms with van der Waals surface area (Å²) >= 11 is 0. The van der Waals surface area contributed by atoms with Crippen LogP contribution in [0.5, 0.6) is 11.5 Å². The van der Waals surface area contributed by atoms with Crippen LogP contribution in [0.4, 0.5) is 0 Å². The number of methoxy groups -OCH3 is 1. The van der Waals surface area contributed by atoms with Gasteiger partial charge < -0.3 is 24.3 Å². The highest BCUT2D eigenvalue weighted by atomic mass is 16.7. The number of piperidine rings is 1. The van der Waals surface area contributed by atoms with Gasteiger partial charge in [0.15, 0.2) is 5.79 Å². The Labute approximate surface area is 124 Å². The van der Waals surface area contributed by atoms with Crippen LogP contribution < -0.4 is 14.8 Å². The molecule has 3 aliphatic heterocycles. The molecule has 1 N–H and O–H groups in total. The summed E-state index contributed by atoms with van der Waals surface area (Å²) in [6, 6.07) is 6.04. The third kappa shape index (κ3) is 2.29. The average molecular weight is 291 g/mol. The third-order valence-corrected chi connectivity index (χ3v) is 4.73. The number of hydrogen-bond acceptors (Lipinski definition) is 5. The van der Waals surface area contributed by atoms with Gasteiger partial charge >= 0.3 is 0 Å². The summed E-state index contributed by atoms with van der Waals surface area (Å²) in [5.41, 5.74) is 1.12. The van der Waals surface area contributed by atoms with Crippen LogP contribution in [0.25, 0.3) is 0 Å². The summed E-state index contributed by atoms with van der Waals surface area (Å²) in [6.07, 6.45) is 2.68. The Bertz CT molecular complexity index is 541. The molecule has 5 nitrogen and oxygen atoms in total. The van der Waals surface area contributed by atoms with Crippen LogP contribution in [0, 0.1) is 0 Å². The van der Waals surface area contributed by atoms with Gasteiger partial charge in [0, 0.05) is 25.5 Å². The number of fused-ring (bicyclic) bond motifs is 1. The molecule has 2 saturated heterocycles. The van der Waals surface area contributed by atoms with Crippen molar-refractivity contribution in [2.45, 2.75) is 30.6 Å². The van der Waals surface area contributed by atoms with Crippen molar-refractivity contribution in [3.05, 3.63) is 23.8 Å². The molecule has 1 aromatic carbocycles. The molecule has 0 radical (unpaired) electrons. The molecule has 0 aromatic heterocycles. The lowest BCUT2D eigenvalue weighted by atomic mass is 9.79. The summed E-state index contributed by atoms with van der Waals surface area (Å²) in [7, 11) is 1.67. The van der Waals surface area contributed by atoms with Gasteiger partial charge in [0.05, 0.1) is 25.9 Å². The molecule has 4 rings (SSSR count). The highest BCUT2D eigenvalue weighted by Crippen LogP contribution is 2.41. The first-order valence-electron chi connectivity index (χ1n) is 7.55. The largest absolute Gasteiger partial charge is 0.497 e. The van der Waals surface area contributed by atoms with Gasteiger partial charge in [0.1, 0.15) is 18.1 Å². The van der Waals surface area contributed by atoms with E-state index in [1.807, 2.05) is 12.1 Å². The zero-order chi connectivity index (χ0) is 14.3. The van der Waals surface area contributed by atoms with E-state index < -0.39 is 5.79 Å². The number of benzene rings is 1. The van der Waals surface area contributed by atoms with Gasteiger partial charge in [0.25, 0.3) is 0 Å². The predicted octanol–water partition coefficient (Wildman–Crippen LogP) is 1.50. The Hall–Kier alpha value is -1.30. The van der Waals surface area contributed by atoms with Crippen molar-refractivity contribution >= 4 is 0 Å². The lowest BCUT2D eigenvalue weighted by molar-refractivity contribution is -0.194. The van der Waals surface area contributed by atoms with Crippen LogP contribution in [0.15, 0.2) is 18.2 Å². The summed E-state index contributed by atoms with van der Waals surface area (Å²) < 4.78 is 23.1. The number of rotatable bonds is 1. The maximum absolute atomic E-state index is 6.01. The first-order valence-corrected chi connectivity index (χ1v) is 7.55. The van der Waals surface area contributed by atoms with Crippen molar-refractivity contribution < 1.29 is 18.9 Å². The molecule has 0 saturated carbocycles. The van der Waals surface area contributed by atoms with E-state index in [0.717, 1.165) is 37.3 Å². The zero-order valence-electron chi connectivity index (χ0n) is 12.3. The Morgan fingerprint density at radius 2 is 2.10 bits per heavy atom. The predicted molar refractivity (Wildman–Crippen MR) is 76.8 cm³/mol. The van der Waals surface area contributed by atoms with Crippen LogP contribution >= 0.6 is 0 Å². The Kier molecular flexibility index (Phi) is 3.10. The molecule has 1 atom stereocenters. The van der Waals surface area contributed by atoms with E-state index in [-0.39, 0.29) is 5.54 Å². The van der Waals surface area contributed by atoms with Gasteiger partial charge in [-0.2, -0.15) is 0 Å². The maximum Gasteiger partial charge on any atom is 0.171 e.